The average Bonchev–Trinajstić information content (AvgIpc) is 3.20. The van der Waals surface area contributed by atoms with Crippen LogP contribution in [0.25, 0.3) is 11.4 Å². The van der Waals surface area contributed by atoms with E-state index >= 15 is 0 Å². The molecule has 21 heavy (non-hydrogen) atoms. The molecule has 0 saturated carbocycles. The maximum Gasteiger partial charge on any atom is 0.237 e. The lowest BCUT2D eigenvalue weighted by Crippen LogP contribution is -2.41. The molecule has 1 aliphatic rings. The monoisotopic (exact) mass is 286 g/mol. The lowest BCUT2D eigenvalue weighted by molar-refractivity contribution is -0.122. The first-order chi connectivity index (χ1) is 10.3. The molecule has 1 fully saturated rings. The minimum Gasteiger partial charge on any atom is -0.354 e. The van der Waals surface area contributed by atoms with Crippen LogP contribution in [-0.2, 0) is 11.2 Å². The topological polar surface area (TPSA) is 80.1 Å². The van der Waals surface area contributed by atoms with Gasteiger partial charge in [-0.2, -0.15) is 4.98 Å². The predicted octanol–water partition coefficient (Wildman–Crippen LogP) is 1.15. The number of nitrogens with one attached hydrogen (secondary N) is 2. The van der Waals surface area contributed by atoms with E-state index in [1.807, 2.05) is 30.3 Å². The Morgan fingerprint density at radius 2 is 2.24 bits per heavy atom. The van der Waals surface area contributed by atoms with Crippen LogP contribution in [0.2, 0.25) is 0 Å². The molecular formula is C15H18N4O2. The van der Waals surface area contributed by atoms with Crippen molar-refractivity contribution in [3.05, 3.63) is 36.2 Å². The average molecular weight is 286 g/mol. The van der Waals surface area contributed by atoms with Crippen LogP contribution >= 0.6 is 0 Å². The van der Waals surface area contributed by atoms with Crippen LogP contribution < -0.4 is 10.6 Å². The molecule has 1 aromatic heterocycles. The fourth-order valence-electron chi connectivity index (χ4n) is 2.39. The van der Waals surface area contributed by atoms with Crippen LogP contribution in [0.1, 0.15) is 18.7 Å². The Kier molecular flexibility index (Phi) is 4.25. The third-order valence-corrected chi connectivity index (χ3v) is 3.51. The van der Waals surface area contributed by atoms with Gasteiger partial charge in [0.15, 0.2) is 0 Å². The highest BCUT2D eigenvalue weighted by atomic mass is 16.5. The highest BCUT2D eigenvalue weighted by Gasteiger charge is 2.21. The van der Waals surface area contributed by atoms with E-state index in [0.29, 0.717) is 24.7 Å². The zero-order valence-corrected chi connectivity index (χ0v) is 11.7. The van der Waals surface area contributed by atoms with Gasteiger partial charge >= 0.3 is 0 Å². The summed E-state index contributed by atoms with van der Waals surface area (Å²) in [6, 6.07) is 9.62. The van der Waals surface area contributed by atoms with E-state index in [0.717, 1.165) is 24.9 Å². The third kappa shape index (κ3) is 3.46. The lowest BCUT2D eigenvalue weighted by Gasteiger charge is -2.09. The largest absolute Gasteiger partial charge is 0.354 e. The molecule has 0 aliphatic carbocycles. The normalized spacial score (nSPS) is 17.8. The summed E-state index contributed by atoms with van der Waals surface area (Å²) in [5, 5.41) is 10.0. The Balaban J connectivity index is 1.50. The Labute approximate surface area is 122 Å². The van der Waals surface area contributed by atoms with Crippen molar-refractivity contribution in [3.63, 3.8) is 0 Å². The summed E-state index contributed by atoms with van der Waals surface area (Å²) < 4.78 is 5.20. The van der Waals surface area contributed by atoms with Crippen LogP contribution in [0.15, 0.2) is 34.9 Å². The summed E-state index contributed by atoms with van der Waals surface area (Å²) in [5.74, 6) is 1.17. The van der Waals surface area contributed by atoms with Crippen molar-refractivity contribution in [1.82, 2.24) is 20.8 Å². The number of benzene rings is 1. The van der Waals surface area contributed by atoms with Crippen molar-refractivity contribution in [2.24, 2.45) is 0 Å². The van der Waals surface area contributed by atoms with Gasteiger partial charge in [-0.15, -0.1) is 0 Å². The SMILES string of the molecule is O=C(NCCc1nc(-c2ccccc2)no1)C1CCCN1. The number of carbonyl (C=O) groups excluding carboxylic acids is 1. The molecule has 1 aliphatic heterocycles. The molecule has 110 valence electrons. The molecule has 1 amide bonds. The molecule has 3 rings (SSSR count). The van der Waals surface area contributed by atoms with Crippen molar-refractivity contribution < 1.29 is 9.32 Å². The zero-order valence-electron chi connectivity index (χ0n) is 11.7. The smallest absolute Gasteiger partial charge is 0.237 e. The standard InChI is InChI=1S/C15H18N4O2/c20-15(12-7-4-9-16-12)17-10-8-13-18-14(19-21-13)11-5-2-1-3-6-11/h1-3,5-6,12,16H,4,7-10H2,(H,17,20). The van der Waals surface area contributed by atoms with E-state index in [1.54, 1.807) is 0 Å². The first-order valence-electron chi connectivity index (χ1n) is 7.22. The maximum atomic E-state index is 11.8. The highest BCUT2D eigenvalue weighted by molar-refractivity contribution is 5.81. The number of amides is 1. The molecule has 0 bridgehead atoms. The fraction of sp³-hybridized carbons (Fsp3) is 0.400. The second-order valence-corrected chi connectivity index (χ2v) is 5.07. The summed E-state index contributed by atoms with van der Waals surface area (Å²) in [6.07, 6.45) is 2.50. The third-order valence-electron chi connectivity index (χ3n) is 3.51. The number of hydrogen-bond acceptors (Lipinski definition) is 5. The molecule has 2 heterocycles. The van der Waals surface area contributed by atoms with Gasteiger partial charge in [-0.1, -0.05) is 35.5 Å². The van der Waals surface area contributed by atoms with E-state index in [-0.39, 0.29) is 11.9 Å². The molecule has 6 heteroatoms. The molecule has 1 unspecified atom stereocenters. The first kappa shape index (κ1) is 13.8. The van der Waals surface area contributed by atoms with Gasteiger partial charge in [0, 0.05) is 18.5 Å². The fourth-order valence-corrected chi connectivity index (χ4v) is 2.39. The molecule has 0 radical (unpaired) electrons. The quantitative estimate of drug-likeness (QED) is 0.862. The van der Waals surface area contributed by atoms with Gasteiger partial charge in [-0.3, -0.25) is 4.79 Å². The molecule has 1 saturated heterocycles. The van der Waals surface area contributed by atoms with E-state index in [9.17, 15) is 4.79 Å². The van der Waals surface area contributed by atoms with Gasteiger partial charge < -0.3 is 15.2 Å². The zero-order chi connectivity index (χ0) is 14.5. The predicted molar refractivity (Wildman–Crippen MR) is 77.5 cm³/mol. The van der Waals surface area contributed by atoms with Crippen molar-refractivity contribution in [2.75, 3.05) is 13.1 Å². The van der Waals surface area contributed by atoms with Crippen molar-refractivity contribution in [1.29, 1.82) is 0 Å². The van der Waals surface area contributed by atoms with Crippen LogP contribution in [0.4, 0.5) is 0 Å². The molecule has 0 spiro atoms. The Morgan fingerprint density at radius 3 is 3.00 bits per heavy atom. The molecule has 2 aromatic rings. The summed E-state index contributed by atoms with van der Waals surface area (Å²) in [7, 11) is 0. The highest BCUT2D eigenvalue weighted by Crippen LogP contribution is 2.14. The van der Waals surface area contributed by atoms with E-state index < -0.39 is 0 Å². The molecule has 1 aromatic carbocycles. The molecule has 6 nitrogen and oxygen atoms in total. The van der Waals surface area contributed by atoms with Crippen molar-refractivity contribution in [3.8, 4) is 11.4 Å². The van der Waals surface area contributed by atoms with E-state index in [2.05, 4.69) is 20.8 Å². The van der Waals surface area contributed by atoms with Gasteiger partial charge in [0.25, 0.3) is 0 Å². The molecular weight excluding hydrogens is 268 g/mol. The van der Waals surface area contributed by atoms with Crippen molar-refractivity contribution in [2.45, 2.75) is 25.3 Å². The molecule has 1 atom stereocenters. The maximum absolute atomic E-state index is 11.8. The van der Waals surface area contributed by atoms with Crippen LogP contribution in [0.3, 0.4) is 0 Å². The number of carbonyl (C=O) groups is 1. The number of rotatable bonds is 5. The van der Waals surface area contributed by atoms with Gasteiger partial charge in [0.1, 0.15) is 0 Å². The summed E-state index contributed by atoms with van der Waals surface area (Å²) in [4.78, 5) is 16.2. The van der Waals surface area contributed by atoms with Gasteiger partial charge in [-0.05, 0) is 19.4 Å². The van der Waals surface area contributed by atoms with Crippen molar-refractivity contribution >= 4 is 5.91 Å². The van der Waals surface area contributed by atoms with Gasteiger partial charge in [0.2, 0.25) is 17.6 Å². The first-order valence-corrected chi connectivity index (χ1v) is 7.22. The number of hydrogen-bond donors (Lipinski definition) is 2. The summed E-state index contributed by atoms with van der Waals surface area (Å²) >= 11 is 0. The number of nitrogens with zero attached hydrogens (tertiary/aromatic N) is 2. The summed E-state index contributed by atoms with van der Waals surface area (Å²) in [5.41, 5.74) is 0.923. The van der Waals surface area contributed by atoms with Gasteiger partial charge in [-0.25, -0.2) is 0 Å². The van der Waals surface area contributed by atoms with Crippen LogP contribution in [-0.4, -0.2) is 35.2 Å². The molecule has 2 N–H and O–H groups in total. The van der Waals surface area contributed by atoms with Gasteiger partial charge in [0.05, 0.1) is 6.04 Å². The van der Waals surface area contributed by atoms with E-state index in [1.165, 1.54) is 0 Å². The summed E-state index contributed by atoms with van der Waals surface area (Å²) in [6.45, 7) is 1.43. The number of aromatic nitrogens is 2. The van der Waals surface area contributed by atoms with E-state index in [4.69, 9.17) is 4.52 Å². The minimum atomic E-state index is -0.0486. The minimum absolute atomic E-state index is 0.0486. The van der Waals surface area contributed by atoms with Crippen LogP contribution in [0.5, 0.6) is 0 Å². The second-order valence-electron chi connectivity index (χ2n) is 5.07. The lowest BCUT2D eigenvalue weighted by atomic mass is 10.2. The Hall–Kier alpha value is -2.21. The van der Waals surface area contributed by atoms with Crippen LogP contribution in [0, 0.1) is 0 Å². The Morgan fingerprint density at radius 1 is 1.38 bits per heavy atom. The Bertz CT molecular complexity index is 591. The second kappa shape index (κ2) is 6.49.